The minimum absolute atomic E-state index is 0.0156. The van der Waals surface area contributed by atoms with Gasteiger partial charge in [0, 0.05) is 54.8 Å². The molecule has 1 saturated heterocycles. The van der Waals surface area contributed by atoms with Gasteiger partial charge < -0.3 is 23.9 Å². The molecule has 9 nitrogen and oxygen atoms in total. The zero-order valence-corrected chi connectivity index (χ0v) is 26.5. The number of ether oxygens (including phenoxy) is 4. The lowest BCUT2D eigenvalue weighted by atomic mass is 10.0. The van der Waals surface area contributed by atoms with Crippen LogP contribution in [0, 0.1) is 18.7 Å². The zero-order chi connectivity index (χ0) is 31.5. The van der Waals surface area contributed by atoms with Gasteiger partial charge in [-0.25, -0.2) is 14.4 Å². The SMILES string of the molecule is C=CCCC(/C=C(\COC)OCCCON(CC)CCC1COC1)=N\C=N/C(=C)Oc1ccc2[nH]c(C)cc2c1F.CC. The van der Waals surface area contributed by atoms with E-state index >= 15 is 0 Å². The Balaban J connectivity index is 0.00000316. The number of methoxy groups -OCH3 is 1. The third-order valence-corrected chi connectivity index (χ3v) is 6.41. The van der Waals surface area contributed by atoms with E-state index in [1.54, 1.807) is 25.3 Å². The summed E-state index contributed by atoms with van der Waals surface area (Å²) >= 11 is 0. The summed E-state index contributed by atoms with van der Waals surface area (Å²) in [4.78, 5) is 17.6. The highest BCUT2D eigenvalue weighted by atomic mass is 19.1. The molecule has 1 aromatic carbocycles. The summed E-state index contributed by atoms with van der Waals surface area (Å²) < 4.78 is 36.9. The first-order chi connectivity index (χ1) is 20.9. The molecule has 3 rings (SSSR count). The van der Waals surface area contributed by atoms with Crippen molar-refractivity contribution in [1.82, 2.24) is 10.0 Å². The van der Waals surface area contributed by atoms with E-state index in [9.17, 15) is 4.39 Å². The molecular weight excluding hydrogens is 551 g/mol. The predicted octanol–water partition coefficient (Wildman–Crippen LogP) is 7.15. The number of aromatic amines is 1. The number of hydroxylamine groups is 2. The Hall–Kier alpha value is -3.31. The largest absolute Gasteiger partial charge is 0.495 e. The minimum atomic E-state index is -0.473. The van der Waals surface area contributed by atoms with Crippen molar-refractivity contribution in [3.8, 4) is 5.75 Å². The molecule has 238 valence electrons. The van der Waals surface area contributed by atoms with Crippen molar-refractivity contribution in [2.75, 3.05) is 53.2 Å². The smallest absolute Gasteiger partial charge is 0.213 e. The molecule has 1 N–H and O–H groups in total. The molecule has 0 atom stereocenters. The zero-order valence-electron chi connectivity index (χ0n) is 26.5. The lowest BCUT2D eigenvalue weighted by Crippen LogP contribution is -2.33. The number of nitrogens with zero attached hydrogens (tertiary/aromatic N) is 3. The highest BCUT2D eigenvalue weighted by molar-refractivity contribution is 5.99. The van der Waals surface area contributed by atoms with E-state index in [4.69, 9.17) is 23.8 Å². The topological polar surface area (TPSA) is 89.9 Å². The van der Waals surface area contributed by atoms with Gasteiger partial charge in [0.25, 0.3) is 0 Å². The molecule has 1 aromatic heterocycles. The van der Waals surface area contributed by atoms with Gasteiger partial charge in [0.05, 0.1) is 26.4 Å². The van der Waals surface area contributed by atoms with E-state index in [-0.39, 0.29) is 11.6 Å². The van der Waals surface area contributed by atoms with E-state index in [1.807, 2.05) is 38.0 Å². The van der Waals surface area contributed by atoms with Crippen LogP contribution in [0.2, 0.25) is 0 Å². The summed E-state index contributed by atoms with van der Waals surface area (Å²) in [6, 6.07) is 5.02. The van der Waals surface area contributed by atoms with Gasteiger partial charge in [-0.05, 0) is 57.0 Å². The number of rotatable bonds is 20. The van der Waals surface area contributed by atoms with Crippen LogP contribution in [-0.4, -0.2) is 75.3 Å². The van der Waals surface area contributed by atoms with Crippen molar-refractivity contribution in [2.24, 2.45) is 15.9 Å². The number of H-pyrrole nitrogens is 1. The van der Waals surface area contributed by atoms with Crippen LogP contribution in [0.25, 0.3) is 10.9 Å². The van der Waals surface area contributed by atoms with Crippen LogP contribution in [0.1, 0.15) is 52.1 Å². The first kappa shape index (κ1) is 35.9. The van der Waals surface area contributed by atoms with Gasteiger partial charge in [0.1, 0.15) is 18.7 Å². The van der Waals surface area contributed by atoms with Gasteiger partial charge in [-0.2, -0.15) is 5.06 Å². The first-order valence-corrected chi connectivity index (χ1v) is 15.1. The summed E-state index contributed by atoms with van der Waals surface area (Å²) in [6.45, 7) is 20.3. The Labute approximate surface area is 256 Å². The lowest BCUT2D eigenvalue weighted by molar-refractivity contribution is -0.165. The van der Waals surface area contributed by atoms with E-state index in [1.165, 1.54) is 6.34 Å². The second-order valence-electron chi connectivity index (χ2n) is 9.77. The third-order valence-electron chi connectivity index (χ3n) is 6.41. The number of fused-ring (bicyclic) bond motifs is 1. The molecular formula is C33H49FN4O5. The lowest BCUT2D eigenvalue weighted by Gasteiger charge is -2.28. The molecule has 0 amide bonds. The number of aromatic nitrogens is 1. The summed E-state index contributed by atoms with van der Waals surface area (Å²) in [6.07, 6.45) is 8.14. The van der Waals surface area contributed by atoms with Crippen LogP contribution in [0.4, 0.5) is 4.39 Å². The monoisotopic (exact) mass is 600 g/mol. The first-order valence-electron chi connectivity index (χ1n) is 15.1. The van der Waals surface area contributed by atoms with Gasteiger partial charge in [-0.15, -0.1) is 6.58 Å². The van der Waals surface area contributed by atoms with E-state index in [2.05, 4.69) is 35.1 Å². The van der Waals surface area contributed by atoms with Gasteiger partial charge in [-0.1, -0.05) is 26.8 Å². The fourth-order valence-electron chi connectivity index (χ4n) is 4.11. The number of halogens is 1. The highest BCUT2D eigenvalue weighted by Gasteiger charge is 2.19. The highest BCUT2D eigenvalue weighted by Crippen LogP contribution is 2.28. The average molecular weight is 601 g/mol. The Morgan fingerprint density at radius 2 is 2.05 bits per heavy atom. The molecule has 0 spiro atoms. The maximum Gasteiger partial charge on any atom is 0.213 e. The summed E-state index contributed by atoms with van der Waals surface area (Å²) in [7, 11) is 1.61. The maximum atomic E-state index is 14.8. The Morgan fingerprint density at radius 3 is 2.72 bits per heavy atom. The molecule has 43 heavy (non-hydrogen) atoms. The molecule has 1 aliphatic heterocycles. The van der Waals surface area contributed by atoms with Crippen LogP contribution in [0.15, 0.2) is 65.1 Å². The predicted molar refractivity (Wildman–Crippen MR) is 172 cm³/mol. The summed E-state index contributed by atoms with van der Waals surface area (Å²) in [5.41, 5.74) is 2.28. The van der Waals surface area contributed by atoms with Crippen molar-refractivity contribution >= 4 is 23.0 Å². The van der Waals surface area contributed by atoms with E-state index in [0.29, 0.717) is 48.8 Å². The maximum absolute atomic E-state index is 14.8. The average Bonchev–Trinajstić information content (AvgIpc) is 3.37. The molecule has 0 saturated carbocycles. The Bertz CT molecular complexity index is 1220. The molecule has 0 aliphatic carbocycles. The minimum Gasteiger partial charge on any atom is -0.495 e. The third kappa shape index (κ3) is 12.8. The van der Waals surface area contributed by atoms with Crippen molar-refractivity contribution < 1.29 is 28.2 Å². The van der Waals surface area contributed by atoms with Crippen molar-refractivity contribution in [3.63, 3.8) is 0 Å². The fraction of sp³-hybridized carbons (Fsp3) is 0.515. The molecule has 2 aromatic rings. The van der Waals surface area contributed by atoms with Gasteiger partial charge >= 0.3 is 0 Å². The standard InChI is InChI=1S/C31H43FN4O5.C2H6/c1-6-8-10-26(34-22-33-24(4)41-30-12-11-29-28(31(30)32)17-23(3)35-29)18-27(21-37-5)39-15-9-16-40-36(7-2)14-13-25-19-38-20-25;1-2/h6,11-12,17-18,22,25,35H,1,4,7-10,13-16,19-21H2,2-3,5H3;1-2H3/b27-18+,33-22-,34-26+;. The van der Waals surface area contributed by atoms with Crippen molar-refractivity contribution in [1.29, 1.82) is 0 Å². The van der Waals surface area contributed by atoms with Crippen molar-refractivity contribution in [3.05, 3.63) is 66.7 Å². The van der Waals surface area contributed by atoms with E-state index in [0.717, 1.165) is 57.0 Å². The summed E-state index contributed by atoms with van der Waals surface area (Å²) in [5, 5.41) is 2.45. The number of nitrogens with one attached hydrogen (secondary N) is 1. The number of aliphatic imine (C=N–C) groups is 2. The van der Waals surface area contributed by atoms with Crippen LogP contribution in [0.3, 0.4) is 0 Å². The second kappa shape index (κ2) is 20.6. The second-order valence-corrected chi connectivity index (χ2v) is 9.77. The number of aryl methyl sites for hydroxylation is 1. The molecule has 1 fully saturated rings. The molecule has 10 heteroatoms. The normalized spacial score (nSPS) is 14.1. The molecule has 1 aliphatic rings. The van der Waals surface area contributed by atoms with Gasteiger partial charge in [0.2, 0.25) is 5.88 Å². The molecule has 0 unspecified atom stereocenters. The fourth-order valence-corrected chi connectivity index (χ4v) is 4.11. The number of allylic oxidation sites excluding steroid dienone is 2. The number of benzene rings is 1. The Kier molecular flexibility index (Phi) is 17.2. The Morgan fingerprint density at radius 1 is 1.26 bits per heavy atom. The molecule has 0 radical (unpaired) electrons. The molecule has 2 heterocycles. The van der Waals surface area contributed by atoms with Crippen molar-refractivity contribution in [2.45, 2.75) is 53.4 Å². The van der Waals surface area contributed by atoms with Crippen LogP contribution in [0.5, 0.6) is 5.75 Å². The van der Waals surface area contributed by atoms with E-state index < -0.39 is 5.82 Å². The van der Waals surface area contributed by atoms with Crippen LogP contribution >= 0.6 is 0 Å². The van der Waals surface area contributed by atoms with Gasteiger partial charge in [-0.3, -0.25) is 4.84 Å². The number of hydrogen-bond acceptors (Lipinski definition) is 7. The summed E-state index contributed by atoms with van der Waals surface area (Å²) in [5.74, 6) is 0.885. The van der Waals surface area contributed by atoms with Crippen LogP contribution in [-0.2, 0) is 19.0 Å². The quantitative estimate of drug-likeness (QED) is 0.0433. The molecule has 0 bridgehead atoms. The number of hydrogen-bond donors (Lipinski definition) is 1. The van der Waals surface area contributed by atoms with Crippen LogP contribution < -0.4 is 4.74 Å². The van der Waals surface area contributed by atoms with Gasteiger partial charge in [0.15, 0.2) is 11.6 Å².